The minimum absolute atomic E-state index is 0.0844. The third-order valence-corrected chi connectivity index (χ3v) is 5.58. The number of nitrogen functional groups attached to an aromatic ring is 1. The van der Waals surface area contributed by atoms with E-state index in [2.05, 4.69) is 17.4 Å². The molecule has 0 amide bonds. The number of benzene rings is 2. The quantitative estimate of drug-likeness (QED) is 0.471. The van der Waals surface area contributed by atoms with Gasteiger partial charge in [-0.05, 0) is 23.1 Å². The van der Waals surface area contributed by atoms with E-state index in [-0.39, 0.29) is 23.7 Å². The molecule has 0 saturated carbocycles. The summed E-state index contributed by atoms with van der Waals surface area (Å²) in [4.78, 5) is 10.6. The van der Waals surface area contributed by atoms with Crippen molar-refractivity contribution in [3.05, 3.63) is 70.8 Å². The van der Waals surface area contributed by atoms with Gasteiger partial charge in [-0.1, -0.05) is 48.5 Å². The van der Waals surface area contributed by atoms with Crippen LogP contribution in [0.25, 0.3) is 0 Å². The topological polar surface area (TPSA) is 99.2 Å². The van der Waals surface area contributed by atoms with Gasteiger partial charge in [0.1, 0.15) is 5.84 Å². The van der Waals surface area contributed by atoms with Crippen molar-refractivity contribution >= 4 is 23.6 Å². The Morgan fingerprint density at radius 1 is 1.16 bits per heavy atom. The summed E-state index contributed by atoms with van der Waals surface area (Å²) in [6.45, 7) is 0. The molecule has 25 heavy (non-hydrogen) atoms. The summed E-state index contributed by atoms with van der Waals surface area (Å²) in [7, 11) is 0. The average molecular weight is 355 g/mol. The first-order valence-electron chi connectivity index (χ1n) is 8.15. The van der Waals surface area contributed by atoms with Crippen molar-refractivity contribution in [3.8, 4) is 0 Å². The minimum atomic E-state index is -0.768. The molecule has 1 aliphatic rings. The fourth-order valence-electron chi connectivity index (χ4n) is 2.86. The first-order valence-corrected chi connectivity index (χ1v) is 9.20. The van der Waals surface area contributed by atoms with Gasteiger partial charge in [-0.2, -0.15) is 0 Å². The van der Waals surface area contributed by atoms with Crippen LogP contribution in [0.15, 0.2) is 48.5 Å². The Hall–Kier alpha value is -2.31. The van der Waals surface area contributed by atoms with Crippen LogP contribution < -0.4 is 11.1 Å². The summed E-state index contributed by atoms with van der Waals surface area (Å²) >= 11 is 1.86. The number of nitrogens with two attached hydrogens (primary N) is 1. The van der Waals surface area contributed by atoms with Crippen LogP contribution >= 0.6 is 11.8 Å². The van der Waals surface area contributed by atoms with Crippen LogP contribution in [-0.4, -0.2) is 22.7 Å². The second kappa shape index (κ2) is 7.72. The molecule has 2 aromatic carbocycles. The standard InChI is InChI=1S/C19H21N3O2S/c20-18(21)14-8-6-13(7-9-14)16-11-25-19(22-16)15-4-1-12(2-5-15)3-10-17(23)24/h1-2,4-9,16,19,22H,3,10-11H2,(H3,20,21)(H,23,24). The smallest absolute Gasteiger partial charge is 0.303 e. The maximum atomic E-state index is 10.6. The Bertz CT molecular complexity index is 759. The third kappa shape index (κ3) is 4.41. The minimum Gasteiger partial charge on any atom is -0.481 e. The molecule has 2 unspecified atom stereocenters. The summed E-state index contributed by atoms with van der Waals surface area (Å²) in [6.07, 6.45) is 0.722. The highest BCUT2D eigenvalue weighted by Crippen LogP contribution is 2.38. The van der Waals surface area contributed by atoms with Crippen molar-refractivity contribution in [2.24, 2.45) is 5.73 Å². The van der Waals surface area contributed by atoms with E-state index >= 15 is 0 Å². The fourth-order valence-corrected chi connectivity index (χ4v) is 4.15. The van der Waals surface area contributed by atoms with Crippen LogP contribution in [0.2, 0.25) is 0 Å². The number of hydrogen-bond acceptors (Lipinski definition) is 4. The van der Waals surface area contributed by atoms with Crippen LogP contribution in [0.4, 0.5) is 0 Å². The third-order valence-electron chi connectivity index (χ3n) is 4.32. The van der Waals surface area contributed by atoms with Crippen LogP contribution in [0, 0.1) is 5.41 Å². The highest BCUT2D eigenvalue weighted by Gasteiger charge is 2.26. The van der Waals surface area contributed by atoms with Gasteiger partial charge in [-0.25, -0.2) is 0 Å². The van der Waals surface area contributed by atoms with E-state index in [4.69, 9.17) is 16.2 Å². The monoisotopic (exact) mass is 355 g/mol. The Labute approximate surface area is 151 Å². The fraction of sp³-hybridized carbons (Fsp3) is 0.263. The van der Waals surface area contributed by atoms with Gasteiger partial charge < -0.3 is 10.8 Å². The zero-order valence-electron chi connectivity index (χ0n) is 13.7. The first-order chi connectivity index (χ1) is 12.0. The molecule has 0 aromatic heterocycles. The molecule has 2 aromatic rings. The first kappa shape index (κ1) is 17.5. The lowest BCUT2D eigenvalue weighted by Crippen LogP contribution is -2.18. The van der Waals surface area contributed by atoms with E-state index < -0.39 is 5.97 Å². The summed E-state index contributed by atoms with van der Waals surface area (Å²) in [5.41, 5.74) is 9.68. The zero-order chi connectivity index (χ0) is 17.8. The van der Waals surface area contributed by atoms with Crippen LogP contribution in [0.1, 0.15) is 40.1 Å². The van der Waals surface area contributed by atoms with Gasteiger partial charge in [-0.3, -0.25) is 15.5 Å². The molecule has 1 saturated heterocycles. The predicted octanol–water partition coefficient (Wildman–Crippen LogP) is 3.06. The average Bonchev–Trinajstić information content (AvgIpc) is 3.10. The Kier molecular flexibility index (Phi) is 5.40. The molecule has 0 aliphatic carbocycles. The lowest BCUT2D eigenvalue weighted by atomic mass is 10.0. The summed E-state index contributed by atoms with van der Waals surface area (Å²) in [5.74, 6) is 0.294. The lowest BCUT2D eigenvalue weighted by molar-refractivity contribution is -0.136. The van der Waals surface area contributed by atoms with E-state index in [1.165, 1.54) is 11.1 Å². The molecule has 6 heteroatoms. The number of aliphatic carboxylic acids is 1. The molecular formula is C19H21N3O2S. The number of aryl methyl sites for hydroxylation is 1. The summed E-state index contributed by atoms with van der Waals surface area (Å²) in [5, 5.41) is 20.1. The molecule has 1 heterocycles. The van der Waals surface area contributed by atoms with Crippen LogP contribution in [0.3, 0.4) is 0 Å². The summed E-state index contributed by atoms with van der Waals surface area (Å²) < 4.78 is 0. The number of amidine groups is 1. The Balaban J connectivity index is 1.62. The number of hydrogen-bond donors (Lipinski definition) is 4. The maximum absolute atomic E-state index is 10.6. The van der Waals surface area contributed by atoms with Crippen molar-refractivity contribution in [2.45, 2.75) is 24.3 Å². The molecule has 5 N–H and O–H groups in total. The van der Waals surface area contributed by atoms with E-state index in [1.807, 2.05) is 48.2 Å². The molecular weight excluding hydrogens is 334 g/mol. The van der Waals surface area contributed by atoms with E-state index in [0.29, 0.717) is 6.42 Å². The largest absolute Gasteiger partial charge is 0.481 e. The zero-order valence-corrected chi connectivity index (χ0v) is 14.6. The van der Waals surface area contributed by atoms with Crippen molar-refractivity contribution in [1.82, 2.24) is 5.32 Å². The number of thioether (sulfide) groups is 1. The van der Waals surface area contributed by atoms with Gasteiger partial charge in [0.2, 0.25) is 0 Å². The molecule has 0 radical (unpaired) electrons. The van der Waals surface area contributed by atoms with Crippen molar-refractivity contribution < 1.29 is 9.90 Å². The molecule has 5 nitrogen and oxygen atoms in total. The van der Waals surface area contributed by atoms with Gasteiger partial charge in [-0.15, -0.1) is 11.8 Å². The Morgan fingerprint density at radius 2 is 1.80 bits per heavy atom. The van der Waals surface area contributed by atoms with E-state index in [9.17, 15) is 4.79 Å². The van der Waals surface area contributed by atoms with Crippen LogP contribution in [0.5, 0.6) is 0 Å². The lowest BCUT2D eigenvalue weighted by Gasteiger charge is -2.15. The summed E-state index contributed by atoms with van der Waals surface area (Å²) in [6, 6.07) is 16.2. The number of carbonyl (C=O) groups is 1. The maximum Gasteiger partial charge on any atom is 0.303 e. The molecule has 0 bridgehead atoms. The molecule has 130 valence electrons. The second-order valence-electron chi connectivity index (χ2n) is 6.10. The SMILES string of the molecule is N=C(N)c1ccc(C2CSC(c3ccc(CCC(=O)O)cc3)N2)cc1. The predicted molar refractivity (Wildman–Crippen MR) is 101 cm³/mol. The van der Waals surface area contributed by atoms with E-state index in [0.717, 1.165) is 16.9 Å². The number of nitrogens with one attached hydrogen (secondary N) is 2. The highest BCUT2D eigenvalue weighted by atomic mass is 32.2. The van der Waals surface area contributed by atoms with Crippen molar-refractivity contribution in [2.75, 3.05) is 5.75 Å². The highest BCUT2D eigenvalue weighted by molar-refractivity contribution is 7.99. The van der Waals surface area contributed by atoms with Gasteiger partial charge >= 0.3 is 5.97 Å². The number of carboxylic acid groups (broad SMARTS) is 1. The molecule has 3 rings (SSSR count). The van der Waals surface area contributed by atoms with Crippen molar-refractivity contribution in [3.63, 3.8) is 0 Å². The number of carboxylic acids is 1. The molecule has 0 spiro atoms. The van der Waals surface area contributed by atoms with E-state index in [1.54, 1.807) is 0 Å². The van der Waals surface area contributed by atoms with Gasteiger partial charge in [0.25, 0.3) is 0 Å². The normalized spacial score (nSPS) is 19.7. The van der Waals surface area contributed by atoms with Gasteiger partial charge in [0, 0.05) is 23.8 Å². The van der Waals surface area contributed by atoms with Gasteiger partial charge in [0.15, 0.2) is 0 Å². The molecule has 2 atom stereocenters. The van der Waals surface area contributed by atoms with Crippen LogP contribution in [-0.2, 0) is 11.2 Å². The molecule has 1 aliphatic heterocycles. The van der Waals surface area contributed by atoms with Crippen molar-refractivity contribution in [1.29, 1.82) is 5.41 Å². The van der Waals surface area contributed by atoms with Gasteiger partial charge in [0.05, 0.1) is 5.37 Å². The Morgan fingerprint density at radius 3 is 2.40 bits per heavy atom. The molecule has 1 fully saturated rings. The second-order valence-corrected chi connectivity index (χ2v) is 7.24. The number of rotatable bonds is 6.